The lowest BCUT2D eigenvalue weighted by atomic mass is 10.2. The summed E-state index contributed by atoms with van der Waals surface area (Å²) >= 11 is 12.9. The molecule has 0 bridgehead atoms. The smallest absolute Gasteiger partial charge is 0.266 e. The van der Waals surface area contributed by atoms with Gasteiger partial charge in [-0.1, -0.05) is 65.9 Å². The van der Waals surface area contributed by atoms with Gasteiger partial charge in [-0.2, -0.15) is 0 Å². The molecule has 0 spiro atoms. The van der Waals surface area contributed by atoms with E-state index in [2.05, 4.69) is 0 Å². The predicted octanol–water partition coefficient (Wildman–Crippen LogP) is 6.60. The number of carbonyl (C=O) groups is 1. The number of benzene rings is 3. The number of thiocarbonyl (C=S) groups is 1. The molecular weight excluding hydrogens is 472 g/mol. The number of amides is 1. The van der Waals surface area contributed by atoms with Gasteiger partial charge in [0.2, 0.25) is 0 Å². The minimum absolute atomic E-state index is 0.179. The molecule has 0 radical (unpaired) electrons. The van der Waals surface area contributed by atoms with Crippen LogP contribution < -0.4 is 4.74 Å². The first-order valence-corrected chi connectivity index (χ1v) is 11.2. The molecule has 0 saturated carbocycles. The number of rotatable bonds is 6. The zero-order valence-corrected chi connectivity index (χ0v) is 18.9. The SMILES string of the molecule is O=C1/C(=C/c2ccc(OCc3cccc(F)c3)c(Cl)c2)SC(=S)N1Cc1ccc(F)cc1. The molecule has 4 rings (SSSR count). The van der Waals surface area contributed by atoms with Crippen LogP contribution in [0.15, 0.2) is 71.6 Å². The van der Waals surface area contributed by atoms with E-state index in [0.29, 0.717) is 25.6 Å². The quantitative estimate of drug-likeness (QED) is 0.289. The summed E-state index contributed by atoms with van der Waals surface area (Å²) in [5, 5.41) is 0.372. The molecule has 8 heteroatoms. The topological polar surface area (TPSA) is 29.5 Å². The van der Waals surface area contributed by atoms with E-state index in [1.165, 1.54) is 40.9 Å². The summed E-state index contributed by atoms with van der Waals surface area (Å²) in [6.07, 6.45) is 1.71. The van der Waals surface area contributed by atoms with E-state index in [-0.39, 0.29) is 30.7 Å². The van der Waals surface area contributed by atoms with Crippen LogP contribution in [-0.4, -0.2) is 15.1 Å². The third-order valence-electron chi connectivity index (χ3n) is 4.66. The van der Waals surface area contributed by atoms with Crippen molar-refractivity contribution < 1.29 is 18.3 Å². The van der Waals surface area contributed by atoms with Gasteiger partial charge in [0.1, 0.15) is 28.3 Å². The van der Waals surface area contributed by atoms with Gasteiger partial charge in [0, 0.05) is 0 Å². The van der Waals surface area contributed by atoms with Crippen molar-refractivity contribution in [2.24, 2.45) is 0 Å². The van der Waals surface area contributed by atoms with Gasteiger partial charge in [0.15, 0.2) is 0 Å². The van der Waals surface area contributed by atoms with Crippen molar-refractivity contribution in [1.29, 1.82) is 0 Å². The summed E-state index contributed by atoms with van der Waals surface area (Å²) in [5.74, 6) is -0.424. The van der Waals surface area contributed by atoms with E-state index < -0.39 is 0 Å². The maximum atomic E-state index is 13.3. The van der Waals surface area contributed by atoms with Gasteiger partial charge in [0.05, 0.1) is 16.5 Å². The molecule has 32 heavy (non-hydrogen) atoms. The van der Waals surface area contributed by atoms with Crippen molar-refractivity contribution in [1.82, 2.24) is 4.90 Å². The standard InChI is InChI=1S/C24H16ClF2NO2S2/c25-20-11-16(6-9-21(20)30-14-17-2-1-3-19(27)10-17)12-22-23(29)28(24(31)32-22)13-15-4-7-18(26)8-5-15/h1-12H,13-14H2/b22-12-. The molecule has 1 amide bonds. The van der Waals surface area contributed by atoms with Gasteiger partial charge in [-0.25, -0.2) is 8.78 Å². The fraction of sp³-hybridized carbons (Fsp3) is 0.0833. The Kier molecular flexibility index (Phi) is 6.89. The van der Waals surface area contributed by atoms with Crippen LogP contribution in [0.1, 0.15) is 16.7 Å². The Hall–Kier alpha value is -2.74. The van der Waals surface area contributed by atoms with Crippen molar-refractivity contribution >= 4 is 51.9 Å². The monoisotopic (exact) mass is 487 g/mol. The van der Waals surface area contributed by atoms with Crippen molar-refractivity contribution in [3.8, 4) is 5.75 Å². The van der Waals surface area contributed by atoms with Crippen LogP contribution in [0.4, 0.5) is 8.78 Å². The lowest BCUT2D eigenvalue weighted by Gasteiger charge is -2.14. The summed E-state index contributed by atoms with van der Waals surface area (Å²) in [6, 6.07) is 17.3. The minimum atomic E-state index is -0.334. The number of hydrogen-bond acceptors (Lipinski definition) is 4. The first-order valence-electron chi connectivity index (χ1n) is 9.55. The van der Waals surface area contributed by atoms with Gasteiger partial charge in [-0.3, -0.25) is 9.69 Å². The van der Waals surface area contributed by atoms with E-state index >= 15 is 0 Å². The third kappa shape index (κ3) is 5.35. The summed E-state index contributed by atoms with van der Waals surface area (Å²) in [6.45, 7) is 0.453. The van der Waals surface area contributed by atoms with Crippen LogP contribution in [0.5, 0.6) is 5.75 Å². The van der Waals surface area contributed by atoms with E-state index in [4.69, 9.17) is 28.6 Å². The van der Waals surface area contributed by atoms with Crippen LogP contribution in [-0.2, 0) is 17.9 Å². The molecule has 1 fully saturated rings. The van der Waals surface area contributed by atoms with Crippen LogP contribution >= 0.6 is 35.6 Å². The maximum Gasteiger partial charge on any atom is 0.266 e. The molecule has 3 aromatic rings. The van der Waals surface area contributed by atoms with Gasteiger partial charge < -0.3 is 4.74 Å². The van der Waals surface area contributed by atoms with Crippen LogP contribution in [0.2, 0.25) is 5.02 Å². The summed E-state index contributed by atoms with van der Waals surface area (Å²) in [4.78, 5) is 14.8. The molecule has 0 unspecified atom stereocenters. The van der Waals surface area contributed by atoms with E-state index in [0.717, 1.165) is 11.1 Å². The first-order chi connectivity index (χ1) is 15.4. The Morgan fingerprint density at radius 3 is 2.50 bits per heavy atom. The summed E-state index contributed by atoms with van der Waals surface area (Å²) < 4.78 is 32.5. The van der Waals surface area contributed by atoms with Crippen molar-refractivity contribution in [3.05, 3.63) is 105 Å². The van der Waals surface area contributed by atoms with Gasteiger partial charge in [0.25, 0.3) is 5.91 Å². The molecule has 162 valence electrons. The van der Waals surface area contributed by atoms with Crippen molar-refractivity contribution in [2.75, 3.05) is 0 Å². The van der Waals surface area contributed by atoms with Crippen molar-refractivity contribution in [2.45, 2.75) is 13.2 Å². The highest BCUT2D eigenvalue weighted by Crippen LogP contribution is 2.35. The highest BCUT2D eigenvalue weighted by atomic mass is 35.5. The molecule has 3 nitrogen and oxygen atoms in total. The highest BCUT2D eigenvalue weighted by Gasteiger charge is 2.32. The van der Waals surface area contributed by atoms with Gasteiger partial charge in [-0.05, 0) is 59.2 Å². The number of carbonyl (C=O) groups excluding carboxylic acids is 1. The fourth-order valence-corrected chi connectivity index (χ4v) is 4.57. The molecule has 0 atom stereocenters. The molecule has 1 aliphatic rings. The highest BCUT2D eigenvalue weighted by molar-refractivity contribution is 8.26. The Bertz CT molecular complexity index is 1210. The van der Waals surface area contributed by atoms with E-state index in [9.17, 15) is 13.6 Å². The second kappa shape index (κ2) is 9.81. The van der Waals surface area contributed by atoms with Crippen LogP contribution in [0, 0.1) is 11.6 Å². The molecule has 1 saturated heterocycles. The average molecular weight is 488 g/mol. The second-order valence-corrected chi connectivity index (χ2v) is 9.09. The normalized spacial score (nSPS) is 15.0. The molecular formula is C24H16ClF2NO2S2. The molecule has 3 aromatic carbocycles. The zero-order valence-electron chi connectivity index (χ0n) is 16.6. The van der Waals surface area contributed by atoms with Crippen LogP contribution in [0.25, 0.3) is 6.08 Å². The lowest BCUT2D eigenvalue weighted by molar-refractivity contribution is -0.122. The summed E-state index contributed by atoms with van der Waals surface area (Å²) in [7, 11) is 0. The van der Waals surface area contributed by atoms with Crippen LogP contribution in [0.3, 0.4) is 0 Å². The fourth-order valence-electron chi connectivity index (χ4n) is 3.07. The molecule has 0 aliphatic carbocycles. The number of ether oxygens (including phenoxy) is 1. The Morgan fingerprint density at radius 2 is 1.78 bits per heavy atom. The molecule has 0 N–H and O–H groups in total. The van der Waals surface area contributed by atoms with Gasteiger partial charge >= 0.3 is 0 Å². The Morgan fingerprint density at radius 1 is 1.00 bits per heavy atom. The minimum Gasteiger partial charge on any atom is -0.487 e. The Balaban J connectivity index is 1.45. The molecule has 1 heterocycles. The number of halogens is 3. The first kappa shape index (κ1) is 22.5. The largest absolute Gasteiger partial charge is 0.487 e. The summed E-state index contributed by atoms with van der Waals surface area (Å²) in [5.41, 5.74) is 2.19. The zero-order chi connectivity index (χ0) is 22.7. The Labute approximate surface area is 198 Å². The maximum absolute atomic E-state index is 13.3. The van der Waals surface area contributed by atoms with Gasteiger partial charge in [-0.15, -0.1) is 0 Å². The number of thioether (sulfide) groups is 1. The third-order valence-corrected chi connectivity index (χ3v) is 6.34. The van der Waals surface area contributed by atoms with Crippen molar-refractivity contribution in [3.63, 3.8) is 0 Å². The predicted molar refractivity (Wildman–Crippen MR) is 127 cm³/mol. The lowest BCUT2D eigenvalue weighted by Crippen LogP contribution is -2.27. The van der Waals surface area contributed by atoms with E-state index in [1.807, 2.05) is 0 Å². The number of hydrogen-bond donors (Lipinski definition) is 0. The molecule has 1 aliphatic heterocycles. The number of nitrogens with zero attached hydrogens (tertiary/aromatic N) is 1. The second-order valence-electron chi connectivity index (χ2n) is 7.00. The molecule has 0 aromatic heterocycles. The van der Waals surface area contributed by atoms with E-state index in [1.54, 1.807) is 48.5 Å². The average Bonchev–Trinajstić information content (AvgIpc) is 3.02.